The highest BCUT2D eigenvalue weighted by molar-refractivity contribution is 5.86. The molecule has 0 aliphatic carbocycles. The van der Waals surface area contributed by atoms with Crippen molar-refractivity contribution in [2.75, 3.05) is 0 Å². The van der Waals surface area contributed by atoms with Crippen LogP contribution in [-0.4, -0.2) is 20.7 Å². The Bertz CT molecular complexity index is 372. The predicted molar refractivity (Wildman–Crippen MR) is 34.4 cm³/mol. The van der Waals surface area contributed by atoms with E-state index in [2.05, 4.69) is 5.10 Å². The molecule has 5 nitrogen and oxygen atoms in total. The van der Waals surface area contributed by atoms with Gasteiger partial charge in [0.05, 0.1) is 6.20 Å². The van der Waals surface area contributed by atoms with Gasteiger partial charge in [-0.05, 0) is 0 Å². The fourth-order valence-electron chi connectivity index (χ4n) is 0.834. The number of nitrogens with zero attached hydrogens (tertiary/aromatic N) is 2. The van der Waals surface area contributed by atoms with Crippen molar-refractivity contribution in [1.29, 1.82) is 0 Å². The van der Waals surface area contributed by atoms with Gasteiger partial charge in [-0.2, -0.15) is 5.10 Å². The normalized spacial score (nSPS) is 10.5. The van der Waals surface area contributed by atoms with Gasteiger partial charge >= 0.3 is 5.97 Å². The van der Waals surface area contributed by atoms with E-state index in [0.717, 1.165) is 0 Å². The lowest BCUT2D eigenvalue weighted by Gasteiger charge is -1.79. The average Bonchev–Trinajstić information content (AvgIpc) is 2.40. The number of aromatic nitrogens is 2. The third-order valence-electron chi connectivity index (χ3n) is 1.31. The Morgan fingerprint density at radius 2 is 2.55 bits per heavy atom. The SMILES string of the molecule is O=C(O)c1cc2occn2n1. The first-order valence-corrected chi connectivity index (χ1v) is 2.93. The molecule has 2 rings (SSSR count). The molecule has 1 N–H and O–H groups in total. The van der Waals surface area contributed by atoms with Gasteiger partial charge in [-0.25, -0.2) is 9.31 Å². The van der Waals surface area contributed by atoms with Crippen molar-refractivity contribution in [3.05, 3.63) is 24.2 Å². The highest BCUT2D eigenvalue weighted by atomic mass is 16.4. The largest absolute Gasteiger partial charge is 0.476 e. The summed E-state index contributed by atoms with van der Waals surface area (Å²) in [7, 11) is 0. The van der Waals surface area contributed by atoms with Crippen molar-refractivity contribution >= 4 is 11.7 Å². The van der Waals surface area contributed by atoms with Crippen molar-refractivity contribution in [1.82, 2.24) is 9.61 Å². The Kier molecular flexibility index (Phi) is 1.00. The molecule has 0 bridgehead atoms. The Morgan fingerprint density at radius 1 is 1.73 bits per heavy atom. The van der Waals surface area contributed by atoms with E-state index in [4.69, 9.17) is 9.52 Å². The van der Waals surface area contributed by atoms with Crippen LogP contribution in [0.4, 0.5) is 0 Å². The maximum Gasteiger partial charge on any atom is 0.356 e. The van der Waals surface area contributed by atoms with Gasteiger partial charge in [0.2, 0.25) is 5.71 Å². The molecular formula is C6H4N2O3. The van der Waals surface area contributed by atoms with Gasteiger partial charge in [0.1, 0.15) is 6.26 Å². The second kappa shape index (κ2) is 1.85. The monoisotopic (exact) mass is 152 g/mol. The van der Waals surface area contributed by atoms with Crippen LogP contribution in [-0.2, 0) is 0 Å². The van der Waals surface area contributed by atoms with E-state index < -0.39 is 5.97 Å². The summed E-state index contributed by atoms with van der Waals surface area (Å²) in [5.41, 5.74) is 0.423. The first-order valence-electron chi connectivity index (χ1n) is 2.93. The van der Waals surface area contributed by atoms with Crippen LogP contribution in [0.2, 0.25) is 0 Å². The van der Waals surface area contributed by atoms with Crippen molar-refractivity contribution in [3.8, 4) is 0 Å². The van der Waals surface area contributed by atoms with Crippen LogP contribution in [0.3, 0.4) is 0 Å². The zero-order chi connectivity index (χ0) is 7.84. The van der Waals surface area contributed by atoms with Crippen LogP contribution < -0.4 is 0 Å². The summed E-state index contributed by atoms with van der Waals surface area (Å²) in [6.07, 6.45) is 2.98. The van der Waals surface area contributed by atoms with Crippen LogP contribution in [0.25, 0.3) is 5.71 Å². The fraction of sp³-hybridized carbons (Fsp3) is 0. The van der Waals surface area contributed by atoms with Crippen LogP contribution in [0, 0.1) is 0 Å². The second-order valence-electron chi connectivity index (χ2n) is 2.02. The summed E-state index contributed by atoms with van der Waals surface area (Å²) in [4.78, 5) is 10.4. The van der Waals surface area contributed by atoms with Crippen molar-refractivity contribution < 1.29 is 14.3 Å². The molecule has 2 aromatic heterocycles. The van der Waals surface area contributed by atoms with E-state index in [1.807, 2.05) is 0 Å². The average molecular weight is 152 g/mol. The number of carboxylic acid groups (broad SMARTS) is 1. The Labute approximate surface area is 60.9 Å². The summed E-state index contributed by atoms with van der Waals surface area (Å²) in [5.74, 6) is -1.05. The lowest BCUT2D eigenvalue weighted by Crippen LogP contribution is -1.96. The lowest BCUT2D eigenvalue weighted by molar-refractivity contribution is 0.0690. The first kappa shape index (κ1) is 5.96. The number of hydrogen-bond donors (Lipinski definition) is 1. The molecule has 0 aromatic carbocycles. The summed E-state index contributed by atoms with van der Waals surface area (Å²) in [6, 6.07) is 1.36. The molecule has 0 spiro atoms. The second-order valence-corrected chi connectivity index (χ2v) is 2.02. The number of aromatic carboxylic acids is 1. The molecule has 0 radical (unpaired) electrons. The fourth-order valence-corrected chi connectivity index (χ4v) is 0.834. The van der Waals surface area contributed by atoms with E-state index in [-0.39, 0.29) is 5.69 Å². The van der Waals surface area contributed by atoms with Gasteiger partial charge < -0.3 is 9.52 Å². The molecule has 0 unspecified atom stereocenters. The zero-order valence-electron chi connectivity index (χ0n) is 5.39. The van der Waals surface area contributed by atoms with Crippen molar-refractivity contribution in [2.24, 2.45) is 0 Å². The number of fused-ring (bicyclic) bond motifs is 1. The number of carboxylic acids is 1. The molecule has 0 saturated heterocycles. The minimum atomic E-state index is -1.05. The van der Waals surface area contributed by atoms with Crippen molar-refractivity contribution in [3.63, 3.8) is 0 Å². The minimum absolute atomic E-state index is 0.00986. The van der Waals surface area contributed by atoms with Crippen LogP contribution in [0.1, 0.15) is 10.5 Å². The third kappa shape index (κ3) is 0.778. The van der Waals surface area contributed by atoms with Gasteiger partial charge in [0.15, 0.2) is 5.69 Å². The Morgan fingerprint density at radius 3 is 3.18 bits per heavy atom. The Balaban J connectivity index is 2.67. The third-order valence-corrected chi connectivity index (χ3v) is 1.31. The van der Waals surface area contributed by atoms with Gasteiger partial charge in [-0.3, -0.25) is 0 Å². The molecular weight excluding hydrogens is 148 g/mol. The van der Waals surface area contributed by atoms with Gasteiger partial charge in [-0.15, -0.1) is 0 Å². The van der Waals surface area contributed by atoms with Gasteiger partial charge in [-0.1, -0.05) is 0 Å². The molecule has 0 fully saturated rings. The number of oxazole rings is 1. The molecule has 0 aliphatic rings. The molecule has 2 heterocycles. The number of rotatable bonds is 1. The van der Waals surface area contributed by atoms with E-state index >= 15 is 0 Å². The minimum Gasteiger partial charge on any atom is -0.476 e. The smallest absolute Gasteiger partial charge is 0.356 e. The quantitative estimate of drug-likeness (QED) is 0.650. The predicted octanol–water partition coefficient (Wildman–Crippen LogP) is 0.625. The number of hydrogen-bond acceptors (Lipinski definition) is 3. The lowest BCUT2D eigenvalue weighted by atomic mass is 10.4. The maximum atomic E-state index is 10.4. The van der Waals surface area contributed by atoms with Gasteiger partial charge in [0, 0.05) is 6.07 Å². The first-order chi connectivity index (χ1) is 5.27. The highest BCUT2D eigenvalue weighted by Crippen LogP contribution is 2.05. The molecule has 56 valence electrons. The molecule has 0 amide bonds. The molecule has 0 saturated carbocycles. The van der Waals surface area contributed by atoms with Crippen LogP contribution in [0.15, 0.2) is 22.9 Å². The summed E-state index contributed by atoms with van der Waals surface area (Å²) in [6.45, 7) is 0. The maximum absolute atomic E-state index is 10.4. The molecule has 5 heteroatoms. The molecule has 2 aromatic rings. The topological polar surface area (TPSA) is 67.7 Å². The van der Waals surface area contributed by atoms with E-state index in [0.29, 0.717) is 5.71 Å². The summed E-state index contributed by atoms with van der Waals surface area (Å²) in [5, 5.41) is 12.2. The summed E-state index contributed by atoms with van der Waals surface area (Å²) < 4.78 is 6.25. The van der Waals surface area contributed by atoms with Crippen LogP contribution in [0.5, 0.6) is 0 Å². The van der Waals surface area contributed by atoms with Crippen LogP contribution >= 0.6 is 0 Å². The van der Waals surface area contributed by atoms with Crippen molar-refractivity contribution in [2.45, 2.75) is 0 Å². The molecule has 0 atom stereocenters. The van der Waals surface area contributed by atoms with E-state index in [1.165, 1.54) is 16.8 Å². The zero-order valence-corrected chi connectivity index (χ0v) is 5.39. The molecule has 11 heavy (non-hydrogen) atoms. The van der Waals surface area contributed by atoms with E-state index in [9.17, 15) is 4.79 Å². The van der Waals surface area contributed by atoms with Gasteiger partial charge in [0.25, 0.3) is 0 Å². The Hall–Kier alpha value is -1.78. The highest BCUT2D eigenvalue weighted by Gasteiger charge is 2.09. The van der Waals surface area contributed by atoms with E-state index in [1.54, 1.807) is 6.20 Å². The molecule has 0 aliphatic heterocycles. The number of carbonyl (C=O) groups is 1. The summed E-state index contributed by atoms with van der Waals surface area (Å²) >= 11 is 0. The standard InChI is InChI=1S/C6H4N2O3/c9-6(10)4-3-5-8(7-4)1-2-11-5/h1-3H,(H,9,10).